The molecule has 0 saturated carbocycles. The highest BCUT2D eigenvalue weighted by atomic mass is 14.9. The second-order valence-corrected chi connectivity index (χ2v) is 5.80. The van der Waals surface area contributed by atoms with E-state index in [1.165, 1.54) is 19.3 Å². The van der Waals surface area contributed by atoms with E-state index in [1.54, 1.807) is 0 Å². The van der Waals surface area contributed by atoms with E-state index >= 15 is 0 Å². The molecule has 0 aliphatic heterocycles. The third-order valence-corrected chi connectivity index (χ3v) is 2.77. The van der Waals surface area contributed by atoms with Crippen LogP contribution in [0.1, 0.15) is 60.8 Å². The van der Waals surface area contributed by atoms with Gasteiger partial charge in [0.1, 0.15) is 0 Å². The minimum atomic E-state index is 0.396. The van der Waals surface area contributed by atoms with Crippen molar-refractivity contribution in [3.8, 4) is 0 Å². The monoisotopic (exact) mass is 199 g/mol. The quantitative estimate of drug-likeness (QED) is 0.685. The Bertz CT molecular complexity index is 133. The van der Waals surface area contributed by atoms with Crippen molar-refractivity contribution < 1.29 is 0 Å². The highest BCUT2D eigenvalue weighted by molar-refractivity contribution is 4.79. The lowest BCUT2D eigenvalue weighted by molar-refractivity contribution is 0.250. The summed E-state index contributed by atoms with van der Waals surface area (Å²) in [5.41, 5.74) is 0.396. The molecule has 0 aromatic rings. The average Bonchev–Trinajstić information content (AvgIpc) is 2.00. The zero-order chi connectivity index (χ0) is 11.2. The van der Waals surface area contributed by atoms with Crippen LogP contribution in [0.15, 0.2) is 0 Å². The standard InChI is InChI=1S/C13H29N/c1-7-14-12(13(4,5)6)10-8-9-11(2)3/h11-12,14H,7-10H2,1-6H3. The van der Waals surface area contributed by atoms with E-state index in [0.29, 0.717) is 11.5 Å². The summed E-state index contributed by atoms with van der Waals surface area (Å²) in [5, 5.41) is 3.60. The van der Waals surface area contributed by atoms with Crippen molar-refractivity contribution in [2.24, 2.45) is 11.3 Å². The summed E-state index contributed by atoms with van der Waals surface area (Å²) in [6.45, 7) is 14.9. The molecule has 1 atom stereocenters. The number of hydrogen-bond donors (Lipinski definition) is 1. The van der Waals surface area contributed by atoms with Crippen molar-refractivity contribution in [1.29, 1.82) is 0 Å². The van der Waals surface area contributed by atoms with Crippen molar-refractivity contribution in [1.82, 2.24) is 5.32 Å². The summed E-state index contributed by atoms with van der Waals surface area (Å²) in [4.78, 5) is 0. The first-order valence-electron chi connectivity index (χ1n) is 6.11. The van der Waals surface area contributed by atoms with Crippen molar-refractivity contribution in [3.05, 3.63) is 0 Å². The van der Waals surface area contributed by atoms with Gasteiger partial charge < -0.3 is 5.32 Å². The maximum absolute atomic E-state index is 3.60. The average molecular weight is 199 g/mol. The zero-order valence-corrected chi connectivity index (χ0v) is 11.0. The summed E-state index contributed by atoms with van der Waals surface area (Å²) in [6, 6.07) is 0.672. The number of nitrogens with one attached hydrogen (secondary N) is 1. The Balaban J connectivity index is 3.86. The lowest BCUT2D eigenvalue weighted by atomic mass is 9.83. The largest absolute Gasteiger partial charge is 0.314 e. The number of hydrogen-bond acceptors (Lipinski definition) is 1. The first-order chi connectivity index (χ1) is 6.38. The fourth-order valence-corrected chi connectivity index (χ4v) is 1.82. The van der Waals surface area contributed by atoms with Crippen LogP contribution in [0.4, 0.5) is 0 Å². The predicted molar refractivity (Wildman–Crippen MR) is 65.6 cm³/mol. The molecule has 0 aromatic carbocycles. The van der Waals surface area contributed by atoms with Crippen molar-refractivity contribution in [3.63, 3.8) is 0 Å². The molecule has 0 rings (SSSR count). The lowest BCUT2D eigenvalue weighted by Crippen LogP contribution is -2.40. The molecular weight excluding hydrogens is 170 g/mol. The fourth-order valence-electron chi connectivity index (χ4n) is 1.82. The van der Waals surface area contributed by atoms with E-state index in [1.807, 2.05) is 0 Å². The van der Waals surface area contributed by atoms with Gasteiger partial charge in [-0.1, -0.05) is 54.4 Å². The molecule has 1 unspecified atom stereocenters. The molecule has 0 aromatic heterocycles. The van der Waals surface area contributed by atoms with E-state index < -0.39 is 0 Å². The minimum absolute atomic E-state index is 0.396. The molecule has 0 heterocycles. The summed E-state index contributed by atoms with van der Waals surface area (Å²) >= 11 is 0. The van der Waals surface area contributed by atoms with E-state index in [2.05, 4.69) is 46.9 Å². The SMILES string of the molecule is CCNC(CCCC(C)C)C(C)(C)C. The van der Waals surface area contributed by atoms with Crippen LogP contribution in [0, 0.1) is 11.3 Å². The molecule has 0 amide bonds. The highest BCUT2D eigenvalue weighted by Gasteiger charge is 2.22. The van der Waals surface area contributed by atoms with E-state index in [-0.39, 0.29) is 0 Å². The normalized spacial score (nSPS) is 14.8. The van der Waals surface area contributed by atoms with Gasteiger partial charge in [0.25, 0.3) is 0 Å². The Morgan fingerprint density at radius 3 is 2.00 bits per heavy atom. The van der Waals surface area contributed by atoms with E-state index in [0.717, 1.165) is 12.5 Å². The molecule has 0 aliphatic carbocycles. The summed E-state index contributed by atoms with van der Waals surface area (Å²) < 4.78 is 0. The van der Waals surface area contributed by atoms with Gasteiger partial charge in [0, 0.05) is 6.04 Å². The van der Waals surface area contributed by atoms with Gasteiger partial charge in [0.05, 0.1) is 0 Å². The van der Waals surface area contributed by atoms with Gasteiger partial charge >= 0.3 is 0 Å². The number of rotatable bonds is 6. The zero-order valence-electron chi connectivity index (χ0n) is 11.0. The first-order valence-corrected chi connectivity index (χ1v) is 6.11. The Morgan fingerprint density at radius 1 is 1.07 bits per heavy atom. The van der Waals surface area contributed by atoms with Gasteiger partial charge in [-0.05, 0) is 24.3 Å². The molecule has 1 nitrogen and oxygen atoms in total. The van der Waals surface area contributed by atoms with Crippen molar-refractivity contribution in [2.45, 2.75) is 66.8 Å². The van der Waals surface area contributed by atoms with Crippen LogP contribution in [0.25, 0.3) is 0 Å². The third-order valence-electron chi connectivity index (χ3n) is 2.77. The Hall–Kier alpha value is -0.0400. The molecule has 0 radical (unpaired) electrons. The molecule has 0 bridgehead atoms. The maximum atomic E-state index is 3.60. The van der Waals surface area contributed by atoms with Crippen LogP contribution in [-0.2, 0) is 0 Å². The topological polar surface area (TPSA) is 12.0 Å². The predicted octanol–water partition coefficient (Wildman–Crippen LogP) is 3.84. The first kappa shape index (κ1) is 14.0. The Kier molecular flexibility index (Phi) is 6.43. The molecule has 0 spiro atoms. The smallest absolute Gasteiger partial charge is 0.0115 e. The summed E-state index contributed by atoms with van der Waals surface area (Å²) in [5.74, 6) is 0.845. The highest BCUT2D eigenvalue weighted by Crippen LogP contribution is 2.24. The van der Waals surface area contributed by atoms with E-state index in [9.17, 15) is 0 Å². The van der Waals surface area contributed by atoms with Crippen LogP contribution < -0.4 is 5.32 Å². The van der Waals surface area contributed by atoms with Gasteiger partial charge in [-0.2, -0.15) is 0 Å². The fraction of sp³-hybridized carbons (Fsp3) is 1.00. The van der Waals surface area contributed by atoms with Crippen LogP contribution in [0.2, 0.25) is 0 Å². The van der Waals surface area contributed by atoms with Gasteiger partial charge in [-0.3, -0.25) is 0 Å². The van der Waals surface area contributed by atoms with Crippen molar-refractivity contribution >= 4 is 0 Å². The minimum Gasteiger partial charge on any atom is -0.314 e. The molecule has 0 aliphatic rings. The molecule has 1 heteroatoms. The molecule has 14 heavy (non-hydrogen) atoms. The molecule has 0 saturated heterocycles. The maximum Gasteiger partial charge on any atom is 0.0115 e. The summed E-state index contributed by atoms with van der Waals surface area (Å²) in [6.07, 6.45) is 4.03. The molecule has 0 fully saturated rings. The third kappa shape index (κ3) is 6.42. The van der Waals surface area contributed by atoms with Crippen LogP contribution >= 0.6 is 0 Å². The molecule has 1 N–H and O–H groups in total. The second kappa shape index (κ2) is 6.44. The Labute approximate surface area is 90.7 Å². The van der Waals surface area contributed by atoms with Crippen LogP contribution in [0.5, 0.6) is 0 Å². The second-order valence-electron chi connectivity index (χ2n) is 5.80. The lowest BCUT2D eigenvalue weighted by Gasteiger charge is -2.31. The Morgan fingerprint density at radius 2 is 1.64 bits per heavy atom. The molecule has 86 valence electrons. The van der Waals surface area contributed by atoms with Gasteiger partial charge in [0.15, 0.2) is 0 Å². The van der Waals surface area contributed by atoms with E-state index in [4.69, 9.17) is 0 Å². The van der Waals surface area contributed by atoms with Crippen LogP contribution in [0.3, 0.4) is 0 Å². The summed E-state index contributed by atoms with van der Waals surface area (Å²) in [7, 11) is 0. The van der Waals surface area contributed by atoms with Crippen molar-refractivity contribution in [2.75, 3.05) is 6.54 Å². The van der Waals surface area contributed by atoms with Gasteiger partial charge in [-0.25, -0.2) is 0 Å². The van der Waals surface area contributed by atoms with Crippen LogP contribution in [-0.4, -0.2) is 12.6 Å². The van der Waals surface area contributed by atoms with Gasteiger partial charge in [0.2, 0.25) is 0 Å². The molecular formula is C13H29N. The van der Waals surface area contributed by atoms with Gasteiger partial charge in [-0.15, -0.1) is 0 Å².